The minimum absolute atomic E-state index is 0.0406. The van der Waals surface area contributed by atoms with Gasteiger partial charge in [0, 0.05) is 18.2 Å². The van der Waals surface area contributed by atoms with Gasteiger partial charge >= 0.3 is 6.09 Å². The first-order chi connectivity index (χ1) is 13.7. The Morgan fingerprint density at radius 2 is 1.61 bits per heavy atom. The molecule has 0 spiro atoms. The number of fused-ring (bicyclic) bond motifs is 3. The van der Waals surface area contributed by atoms with Crippen LogP contribution in [0.5, 0.6) is 0 Å². The summed E-state index contributed by atoms with van der Waals surface area (Å²) in [4.78, 5) is 14.4. The van der Waals surface area contributed by atoms with Crippen LogP contribution in [0.25, 0.3) is 11.1 Å². The molecule has 0 saturated heterocycles. The number of rotatable bonds is 5. The van der Waals surface area contributed by atoms with Crippen molar-refractivity contribution >= 4 is 11.8 Å². The van der Waals surface area contributed by atoms with Crippen molar-refractivity contribution in [1.29, 1.82) is 0 Å². The molecule has 1 amide bonds. The van der Waals surface area contributed by atoms with E-state index in [1.807, 2.05) is 55.5 Å². The van der Waals surface area contributed by atoms with Crippen LogP contribution < -0.4 is 4.90 Å². The number of aliphatic hydroxyl groups is 1. The fourth-order valence-electron chi connectivity index (χ4n) is 3.91. The van der Waals surface area contributed by atoms with Gasteiger partial charge in [0.2, 0.25) is 0 Å². The average Bonchev–Trinajstić information content (AvgIpc) is 3.07. The van der Waals surface area contributed by atoms with E-state index < -0.39 is 0 Å². The minimum atomic E-state index is -0.376. The van der Waals surface area contributed by atoms with Crippen LogP contribution in [0.15, 0.2) is 72.8 Å². The van der Waals surface area contributed by atoms with Crippen LogP contribution in [0.3, 0.4) is 0 Å². The number of amides is 1. The third kappa shape index (κ3) is 3.27. The zero-order chi connectivity index (χ0) is 19.5. The third-order valence-corrected chi connectivity index (χ3v) is 5.28. The molecule has 0 unspecified atom stereocenters. The van der Waals surface area contributed by atoms with Gasteiger partial charge in [0.1, 0.15) is 6.61 Å². The molecule has 1 aliphatic carbocycles. The molecule has 4 nitrogen and oxygen atoms in total. The van der Waals surface area contributed by atoms with E-state index in [-0.39, 0.29) is 18.6 Å². The number of carbonyl (C=O) groups is 1. The number of benzene rings is 3. The maximum atomic E-state index is 12.8. The highest BCUT2D eigenvalue weighted by Crippen LogP contribution is 2.44. The van der Waals surface area contributed by atoms with E-state index in [1.54, 1.807) is 4.90 Å². The number of hydrogen-bond acceptors (Lipinski definition) is 3. The van der Waals surface area contributed by atoms with Gasteiger partial charge < -0.3 is 9.84 Å². The van der Waals surface area contributed by atoms with Crippen LogP contribution in [0, 0.1) is 0 Å². The smallest absolute Gasteiger partial charge is 0.414 e. The number of hydrogen-bond donors (Lipinski definition) is 1. The Morgan fingerprint density at radius 1 is 0.964 bits per heavy atom. The number of carbonyl (C=O) groups excluding carboxylic acids is 1. The molecule has 0 bridgehead atoms. The monoisotopic (exact) mass is 373 g/mol. The van der Waals surface area contributed by atoms with Crippen molar-refractivity contribution in [1.82, 2.24) is 0 Å². The van der Waals surface area contributed by atoms with E-state index in [4.69, 9.17) is 4.74 Å². The van der Waals surface area contributed by atoms with Gasteiger partial charge in [-0.25, -0.2) is 4.79 Å². The molecule has 0 heterocycles. The van der Waals surface area contributed by atoms with Crippen LogP contribution in [-0.2, 0) is 11.3 Å². The standard InChI is InChI=1S/C24H23NO3/c1-2-25(18-9-7-8-17(14-18)15-26)24(27)28-16-23-21-12-5-3-10-19(21)20-11-4-6-13-22(20)23/h3-14,23,26H,2,15-16H2,1H3. The molecule has 0 radical (unpaired) electrons. The molecule has 0 aromatic heterocycles. The van der Waals surface area contributed by atoms with Crippen molar-refractivity contribution in [2.75, 3.05) is 18.1 Å². The fraction of sp³-hybridized carbons (Fsp3) is 0.208. The first kappa shape index (κ1) is 18.3. The van der Waals surface area contributed by atoms with Gasteiger partial charge in [-0.05, 0) is 46.9 Å². The Bertz CT molecular complexity index is 953. The maximum absolute atomic E-state index is 12.8. The summed E-state index contributed by atoms with van der Waals surface area (Å²) in [7, 11) is 0. The molecular formula is C24H23NO3. The van der Waals surface area contributed by atoms with Gasteiger partial charge in [0.05, 0.1) is 6.61 Å². The summed E-state index contributed by atoms with van der Waals surface area (Å²) in [6.45, 7) is 2.64. The summed E-state index contributed by atoms with van der Waals surface area (Å²) < 4.78 is 5.75. The predicted octanol–water partition coefficient (Wildman–Crippen LogP) is 4.95. The van der Waals surface area contributed by atoms with Crippen LogP contribution in [-0.4, -0.2) is 24.4 Å². The van der Waals surface area contributed by atoms with Crippen molar-refractivity contribution in [2.24, 2.45) is 0 Å². The third-order valence-electron chi connectivity index (χ3n) is 5.28. The van der Waals surface area contributed by atoms with Crippen molar-refractivity contribution in [3.05, 3.63) is 89.5 Å². The summed E-state index contributed by atoms with van der Waals surface area (Å²) >= 11 is 0. The molecule has 0 aliphatic heterocycles. The fourth-order valence-corrected chi connectivity index (χ4v) is 3.91. The second-order valence-corrected chi connectivity index (χ2v) is 6.88. The van der Waals surface area contributed by atoms with E-state index in [9.17, 15) is 9.90 Å². The summed E-state index contributed by atoms with van der Waals surface area (Å²) in [6.07, 6.45) is -0.376. The van der Waals surface area contributed by atoms with E-state index in [0.29, 0.717) is 13.2 Å². The van der Waals surface area contributed by atoms with Gasteiger partial charge in [-0.2, -0.15) is 0 Å². The molecule has 4 heteroatoms. The Labute approximate surface area is 165 Å². The molecule has 142 valence electrons. The summed E-state index contributed by atoms with van der Waals surface area (Å²) in [6, 6.07) is 23.9. The van der Waals surface area contributed by atoms with Crippen molar-refractivity contribution in [2.45, 2.75) is 19.4 Å². The Hall–Kier alpha value is -3.11. The molecule has 3 aromatic rings. The van der Waals surface area contributed by atoms with Crippen LogP contribution >= 0.6 is 0 Å². The van der Waals surface area contributed by atoms with Crippen molar-refractivity contribution < 1.29 is 14.6 Å². The SMILES string of the molecule is CCN(C(=O)OCC1c2ccccc2-c2ccccc21)c1cccc(CO)c1. The zero-order valence-corrected chi connectivity index (χ0v) is 15.8. The van der Waals surface area contributed by atoms with Gasteiger partial charge in [-0.1, -0.05) is 60.7 Å². The lowest BCUT2D eigenvalue weighted by molar-refractivity contribution is 0.150. The highest BCUT2D eigenvalue weighted by atomic mass is 16.6. The Morgan fingerprint density at radius 3 is 2.21 bits per heavy atom. The highest BCUT2D eigenvalue weighted by molar-refractivity contribution is 5.88. The molecule has 1 aliphatic rings. The van der Waals surface area contributed by atoms with Crippen LogP contribution in [0.1, 0.15) is 29.5 Å². The van der Waals surface area contributed by atoms with Crippen LogP contribution in [0.4, 0.5) is 10.5 Å². The largest absolute Gasteiger partial charge is 0.448 e. The molecular weight excluding hydrogens is 350 g/mol. The predicted molar refractivity (Wildman–Crippen MR) is 110 cm³/mol. The lowest BCUT2D eigenvalue weighted by Crippen LogP contribution is -2.32. The molecule has 1 N–H and O–H groups in total. The van der Waals surface area contributed by atoms with Gasteiger partial charge in [-0.15, -0.1) is 0 Å². The lowest BCUT2D eigenvalue weighted by Gasteiger charge is -2.22. The number of aliphatic hydroxyl groups excluding tert-OH is 1. The molecule has 0 atom stereocenters. The quantitative estimate of drug-likeness (QED) is 0.688. The normalized spacial score (nSPS) is 12.4. The zero-order valence-electron chi connectivity index (χ0n) is 15.8. The number of nitrogens with zero attached hydrogens (tertiary/aromatic N) is 1. The topological polar surface area (TPSA) is 49.8 Å². The average molecular weight is 373 g/mol. The molecule has 4 rings (SSSR count). The van der Waals surface area contributed by atoms with Gasteiger partial charge in [0.25, 0.3) is 0 Å². The summed E-state index contributed by atoms with van der Waals surface area (Å²) in [5, 5.41) is 9.35. The first-order valence-electron chi connectivity index (χ1n) is 9.55. The van der Waals surface area contributed by atoms with Crippen LogP contribution in [0.2, 0.25) is 0 Å². The van der Waals surface area contributed by atoms with E-state index in [1.165, 1.54) is 22.3 Å². The molecule has 28 heavy (non-hydrogen) atoms. The summed E-state index contributed by atoms with van der Waals surface area (Å²) in [5.41, 5.74) is 6.31. The minimum Gasteiger partial charge on any atom is -0.448 e. The van der Waals surface area contributed by atoms with E-state index in [0.717, 1.165) is 11.3 Å². The highest BCUT2D eigenvalue weighted by Gasteiger charge is 2.29. The molecule has 0 saturated carbocycles. The second-order valence-electron chi connectivity index (χ2n) is 6.88. The second kappa shape index (κ2) is 7.87. The molecule has 0 fully saturated rings. The Kier molecular flexibility index (Phi) is 5.13. The van der Waals surface area contributed by atoms with Crippen molar-refractivity contribution in [3.8, 4) is 11.1 Å². The maximum Gasteiger partial charge on any atom is 0.414 e. The van der Waals surface area contributed by atoms with Gasteiger partial charge in [0.15, 0.2) is 0 Å². The number of anilines is 1. The first-order valence-corrected chi connectivity index (χ1v) is 9.55. The molecule has 3 aromatic carbocycles. The lowest BCUT2D eigenvalue weighted by atomic mass is 9.98. The number of ether oxygens (including phenoxy) is 1. The summed E-state index contributed by atoms with van der Waals surface area (Å²) in [5.74, 6) is 0.0406. The van der Waals surface area contributed by atoms with E-state index in [2.05, 4.69) is 24.3 Å². The van der Waals surface area contributed by atoms with Gasteiger partial charge in [-0.3, -0.25) is 4.90 Å². The van der Waals surface area contributed by atoms with E-state index >= 15 is 0 Å². The Balaban J connectivity index is 1.54. The van der Waals surface area contributed by atoms with Crippen molar-refractivity contribution in [3.63, 3.8) is 0 Å².